The van der Waals surface area contributed by atoms with E-state index in [4.69, 9.17) is 0 Å². The van der Waals surface area contributed by atoms with Crippen LogP contribution < -0.4 is 0 Å². The number of phenols is 2. The van der Waals surface area contributed by atoms with Gasteiger partial charge in [0.2, 0.25) is 11.6 Å². The van der Waals surface area contributed by atoms with Crippen LogP contribution in [-0.2, 0) is 4.79 Å². The monoisotopic (exact) mass is 270 g/mol. The van der Waals surface area contributed by atoms with Gasteiger partial charge in [0.15, 0.2) is 11.5 Å². The zero-order valence-electron chi connectivity index (χ0n) is 10.5. The molecule has 0 spiro atoms. The fourth-order valence-corrected chi connectivity index (χ4v) is 2.33. The summed E-state index contributed by atoms with van der Waals surface area (Å²) in [7, 11) is 0. The molecule has 0 saturated carbocycles. The largest absolute Gasteiger partial charge is 0.507 e. The number of fused-ring (bicyclic) bond motifs is 2. The van der Waals surface area contributed by atoms with Crippen molar-refractivity contribution in [2.45, 2.75) is 6.92 Å². The van der Waals surface area contributed by atoms with Crippen molar-refractivity contribution in [3.8, 4) is 11.5 Å². The highest BCUT2D eigenvalue weighted by Gasteiger charge is 2.31. The number of ketones is 2. The Morgan fingerprint density at radius 1 is 0.900 bits per heavy atom. The van der Waals surface area contributed by atoms with Gasteiger partial charge in [-0.2, -0.15) is 0 Å². The summed E-state index contributed by atoms with van der Waals surface area (Å²) in [5, 5.41) is 30.1. The van der Waals surface area contributed by atoms with E-state index >= 15 is 0 Å². The number of aliphatic hydroxyl groups excluding tert-OH is 1. The number of hydrogen-bond donors (Lipinski definition) is 3. The predicted molar refractivity (Wildman–Crippen MR) is 71.8 cm³/mol. The third-order valence-corrected chi connectivity index (χ3v) is 3.51. The standard InChI is InChI=1S/C15H10O5/c1-6-12(17)9-4-7-2-3-11(16)14(19)8(7)5-10(9)15(20)13(6)18/h2-5,16-17,19H,1H3. The highest BCUT2D eigenvalue weighted by molar-refractivity contribution is 6.52. The van der Waals surface area contributed by atoms with E-state index in [1.54, 1.807) is 6.07 Å². The zero-order chi connectivity index (χ0) is 14.6. The Balaban J connectivity index is 2.44. The fourth-order valence-electron chi connectivity index (χ4n) is 2.33. The summed E-state index contributed by atoms with van der Waals surface area (Å²) in [5.74, 6) is -2.42. The van der Waals surface area contributed by atoms with Gasteiger partial charge in [-0.05, 0) is 30.5 Å². The summed E-state index contributed by atoms with van der Waals surface area (Å²) in [4.78, 5) is 23.7. The van der Waals surface area contributed by atoms with Gasteiger partial charge in [-0.1, -0.05) is 6.07 Å². The summed E-state index contributed by atoms with van der Waals surface area (Å²) < 4.78 is 0. The van der Waals surface area contributed by atoms with Crippen LogP contribution in [0.25, 0.3) is 16.5 Å². The van der Waals surface area contributed by atoms with Crippen LogP contribution in [0, 0.1) is 0 Å². The van der Waals surface area contributed by atoms with Crippen LogP contribution in [-0.4, -0.2) is 26.9 Å². The number of rotatable bonds is 0. The summed E-state index contributed by atoms with van der Waals surface area (Å²) in [5.41, 5.74) is 0.279. The Morgan fingerprint density at radius 2 is 1.60 bits per heavy atom. The summed E-state index contributed by atoms with van der Waals surface area (Å²) in [6.45, 7) is 1.39. The zero-order valence-corrected chi connectivity index (χ0v) is 10.5. The molecule has 1 aliphatic rings. The summed E-state index contributed by atoms with van der Waals surface area (Å²) in [6.07, 6.45) is 0. The van der Waals surface area contributed by atoms with E-state index in [1.165, 1.54) is 25.1 Å². The van der Waals surface area contributed by atoms with Crippen molar-refractivity contribution in [1.82, 2.24) is 0 Å². The number of benzene rings is 2. The molecule has 0 heterocycles. The van der Waals surface area contributed by atoms with E-state index in [0.29, 0.717) is 5.39 Å². The van der Waals surface area contributed by atoms with E-state index in [1.807, 2.05) is 0 Å². The maximum atomic E-state index is 12.0. The van der Waals surface area contributed by atoms with Crippen LogP contribution in [0.1, 0.15) is 22.8 Å². The Hall–Kier alpha value is -2.82. The molecule has 0 atom stereocenters. The number of aliphatic hydroxyl groups is 1. The molecular weight excluding hydrogens is 260 g/mol. The number of allylic oxidation sites excluding steroid dienone is 1. The normalized spacial score (nSPS) is 14.8. The second-order valence-corrected chi connectivity index (χ2v) is 4.68. The van der Waals surface area contributed by atoms with Crippen molar-refractivity contribution in [1.29, 1.82) is 0 Å². The van der Waals surface area contributed by atoms with Gasteiger partial charge in [-0.25, -0.2) is 0 Å². The maximum absolute atomic E-state index is 12.0. The first-order chi connectivity index (χ1) is 9.41. The molecule has 0 saturated heterocycles. The van der Waals surface area contributed by atoms with Gasteiger partial charge in [-0.3, -0.25) is 9.59 Å². The van der Waals surface area contributed by atoms with Crippen LogP contribution in [0.2, 0.25) is 0 Å². The lowest BCUT2D eigenvalue weighted by Gasteiger charge is -2.17. The second kappa shape index (κ2) is 3.84. The molecule has 0 radical (unpaired) electrons. The van der Waals surface area contributed by atoms with Gasteiger partial charge in [0.25, 0.3) is 0 Å². The van der Waals surface area contributed by atoms with Crippen LogP contribution in [0.15, 0.2) is 29.8 Å². The molecule has 0 aliphatic heterocycles. The highest BCUT2D eigenvalue weighted by Crippen LogP contribution is 2.38. The fraction of sp³-hybridized carbons (Fsp3) is 0.0667. The molecule has 20 heavy (non-hydrogen) atoms. The SMILES string of the molecule is CC1=C(O)c2cc3ccc(O)c(O)c3cc2C(=O)C1=O. The summed E-state index contributed by atoms with van der Waals surface area (Å²) in [6, 6.07) is 5.68. The average molecular weight is 270 g/mol. The van der Waals surface area contributed by atoms with Crippen molar-refractivity contribution in [2.24, 2.45) is 0 Å². The van der Waals surface area contributed by atoms with E-state index in [-0.39, 0.29) is 39.3 Å². The number of aromatic hydroxyl groups is 2. The molecule has 5 heteroatoms. The van der Waals surface area contributed by atoms with Crippen LogP contribution in [0.5, 0.6) is 11.5 Å². The van der Waals surface area contributed by atoms with E-state index < -0.39 is 11.6 Å². The topological polar surface area (TPSA) is 94.8 Å². The molecular formula is C15H10O5. The third kappa shape index (κ3) is 1.43. The lowest BCUT2D eigenvalue weighted by molar-refractivity contribution is -0.111. The lowest BCUT2D eigenvalue weighted by atomic mass is 9.87. The van der Waals surface area contributed by atoms with Crippen molar-refractivity contribution >= 4 is 28.1 Å². The van der Waals surface area contributed by atoms with Crippen LogP contribution in [0.4, 0.5) is 0 Å². The smallest absolute Gasteiger partial charge is 0.234 e. The molecule has 1 aliphatic carbocycles. The van der Waals surface area contributed by atoms with Gasteiger partial charge < -0.3 is 15.3 Å². The number of hydrogen-bond acceptors (Lipinski definition) is 5. The molecule has 100 valence electrons. The number of phenolic OH excluding ortho intramolecular Hbond substituents is 2. The van der Waals surface area contributed by atoms with Crippen molar-refractivity contribution in [3.63, 3.8) is 0 Å². The minimum atomic E-state index is -0.769. The average Bonchev–Trinajstić information content (AvgIpc) is 2.45. The Labute approximate surface area is 113 Å². The van der Waals surface area contributed by atoms with Gasteiger partial charge in [0.1, 0.15) is 5.76 Å². The first-order valence-electron chi connectivity index (χ1n) is 5.89. The molecule has 0 aromatic heterocycles. The lowest BCUT2D eigenvalue weighted by Crippen LogP contribution is -2.22. The minimum absolute atomic E-state index is 0.00449. The van der Waals surface area contributed by atoms with Crippen LogP contribution in [0.3, 0.4) is 0 Å². The molecule has 3 rings (SSSR count). The van der Waals surface area contributed by atoms with Gasteiger partial charge in [-0.15, -0.1) is 0 Å². The number of carbonyl (C=O) groups excluding carboxylic acids is 2. The quantitative estimate of drug-likeness (QED) is 0.504. The summed E-state index contributed by atoms with van der Waals surface area (Å²) >= 11 is 0. The van der Waals surface area contributed by atoms with Crippen LogP contribution >= 0.6 is 0 Å². The molecule has 0 fully saturated rings. The minimum Gasteiger partial charge on any atom is -0.507 e. The first kappa shape index (κ1) is 12.2. The Morgan fingerprint density at radius 3 is 2.30 bits per heavy atom. The van der Waals surface area contributed by atoms with Crippen molar-refractivity contribution in [3.05, 3.63) is 41.0 Å². The highest BCUT2D eigenvalue weighted by atomic mass is 16.3. The van der Waals surface area contributed by atoms with E-state index in [9.17, 15) is 24.9 Å². The predicted octanol–water partition coefficient (Wildman–Crippen LogP) is 2.31. The van der Waals surface area contributed by atoms with E-state index in [0.717, 1.165) is 0 Å². The van der Waals surface area contributed by atoms with Crippen molar-refractivity contribution < 1.29 is 24.9 Å². The second-order valence-electron chi connectivity index (χ2n) is 4.68. The first-order valence-corrected chi connectivity index (χ1v) is 5.89. The molecule has 3 N–H and O–H groups in total. The molecule has 0 bridgehead atoms. The molecule has 5 nitrogen and oxygen atoms in total. The van der Waals surface area contributed by atoms with Crippen molar-refractivity contribution in [2.75, 3.05) is 0 Å². The molecule has 0 amide bonds. The van der Waals surface area contributed by atoms with Gasteiger partial charge in [0, 0.05) is 22.1 Å². The molecule has 0 unspecified atom stereocenters. The maximum Gasteiger partial charge on any atom is 0.234 e. The number of carbonyl (C=O) groups is 2. The Kier molecular flexibility index (Phi) is 2.34. The Bertz CT molecular complexity index is 830. The third-order valence-electron chi connectivity index (χ3n) is 3.51. The van der Waals surface area contributed by atoms with E-state index in [2.05, 4.69) is 0 Å². The molecule has 2 aromatic rings. The van der Waals surface area contributed by atoms with Gasteiger partial charge in [0.05, 0.1) is 0 Å². The molecule has 2 aromatic carbocycles. The number of Topliss-reactive ketones (excluding diaryl/α,β-unsaturated/α-hetero) is 2. The van der Waals surface area contributed by atoms with Gasteiger partial charge >= 0.3 is 0 Å².